The van der Waals surface area contributed by atoms with Crippen LogP contribution in [0, 0.1) is 17.0 Å². The summed E-state index contributed by atoms with van der Waals surface area (Å²) < 4.78 is 1.02. The highest BCUT2D eigenvalue weighted by Gasteiger charge is 2.18. The first kappa shape index (κ1) is 12.1. The standard InChI is InChI=1S/C8H12N4O4/c1-6-4-8(12(15)16)11(10-6)5-7(14)9-2-3-13/h4,13H,2-3,5H2,1H3,(H,9,14). The van der Waals surface area contributed by atoms with Gasteiger partial charge < -0.3 is 20.5 Å². The van der Waals surface area contributed by atoms with Crippen LogP contribution in [0.15, 0.2) is 6.07 Å². The molecule has 1 rings (SSSR count). The van der Waals surface area contributed by atoms with Crippen molar-refractivity contribution >= 4 is 11.7 Å². The van der Waals surface area contributed by atoms with Gasteiger partial charge in [-0.25, -0.2) is 0 Å². The van der Waals surface area contributed by atoms with E-state index < -0.39 is 10.8 Å². The van der Waals surface area contributed by atoms with Crippen molar-refractivity contribution in [3.63, 3.8) is 0 Å². The molecular formula is C8H12N4O4. The normalized spacial score (nSPS) is 10.1. The van der Waals surface area contributed by atoms with E-state index in [0.29, 0.717) is 5.69 Å². The van der Waals surface area contributed by atoms with Crippen molar-refractivity contribution in [2.75, 3.05) is 13.2 Å². The average molecular weight is 228 g/mol. The molecule has 2 N–H and O–H groups in total. The van der Waals surface area contributed by atoms with Gasteiger partial charge in [-0.15, -0.1) is 4.68 Å². The molecule has 1 heterocycles. The van der Waals surface area contributed by atoms with Crippen LogP contribution >= 0.6 is 0 Å². The monoisotopic (exact) mass is 228 g/mol. The van der Waals surface area contributed by atoms with Gasteiger partial charge in [0.25, 0.3) is 5.91 Å². The Hall–Kier alpha value is -1.96. The van der Waals surface area contributed by atoms with Gasteiger partial charge in [0.05, 0.1) is 18.4 Å². The largest absolute Gasteiger partial charge is 0.395 e. The second kappa shape index (κ2) is 5.21. The lowest BCUT2D eigenvalue weighted by molar-refractivity contribution is -0.392. The third-order valence-corrected chi connectivity index (χ3v) is 1.80. The summed E-state index contributed by atoms with van der Waals surface area (Å²) in [5.74, 6) is -0.656. The van der Waals surface area contributed by atoms with E-state index in [2.05, 4.69) is 10.4 Å². The lowest BCUT2D eigenvalue weighted by Crippen LogP contribution is -2.30. The lowest BCUT2D eigenvalue weighted by Gasteiger charge is -2.01. The molecule has 1 aromatic rings. The number of amides is 1. The second-order valence-electron chi connectivity index (χ2n) is 3.13. The Kier molecular flexibility index (Phi) is 3.95. The van der Waals surface area contributed by atoms with Crippen molar-refractivity contribution in [3.05, 3.63) is 21.9 Å². The van der Waals surface area contributed by atoms with Crippen molar-refractivity contribution in [1.82, 2.24) is 15.1 Å². The summed E-state index contributed by atoms with van der Waals surface area (Å²) in [4.78, 5) is 21.3. The van der Waals surface area contributed by atoms with E-state index in [-0.39, 0.29) is 25.5 Å². The molecule has 0 aromatic carbocycles. The number of nitrogens with one attached hydrogen (secondary N) is 1. The van der Waals surface area contributed by atoms with Crippen LogP contribution in [0.3, 0.4) is 0 Å². The van der Waals surface area contributed by atoms with Crippen molar-refractivity contribution in [3.8, 4) is 0 Å². The molecule has 8 heteroatoms. The SMILES string of the molecule is Cc1cc([N+](=O)[O-])n(CC(=O)NCCO)n1. The van der Waals surface area contributed by atoms with Gasteiger partial charge in [-0.1, -0.05) is 5.10 Å². The van der Waals surface area contributed by atoms with Gasteiger partial charge in [-0.05, 0) is 11.8 Å². The van der Waals surface area contributed by atoms with E-state index in [1.54, 1.807) is 6.92 Å². The molecule has 0 atom stereocenters. The smallest absolute Gasteiger partial charge is 0.345 e. The molecule has 1 amide bonds. The molecule has 0 aliphatic heterocycles. The van der Waals surface area contributed by atoms with Gasteiger partial charge in [-0.3, -0.25) is 4.79 Å². The molecule has 0 unspecified atom stereocenters. The Bertz CT molecular complexity index is 401. The van der Waals surface area contributed by atoms with E-state index in [4.69, 9.17) is 5.11 Å². The summed E-state index contributed by atoms with van der Waals surface area (Å²) >= 11 is 0. The number of aliphatic hydroxyl groups excluding tert-OH is 1. The molecule has 88 valence electrons. The Labute approximate surface area is 91.0 Å². The van der Waals surface area contributed by atoms with Crippen LogP contribution in [0.25, 0.3) is 0 Å². The molecular weight excluding hydrogens is 216 g/mol. The summed E-state index contributed by atoms with van der Waals surface area (Å²) in [7, 11) is 0. The second-order valence-corrected chi connectivity index (χ2v) is 3.13. The Morgan fingerprint density at radius 3 is 3.00 bits per heavy atom. The number of hydrogen-bond acceptors (Lipinski definition) is 5. The number of nitrogens with zero attached hydrogens (tertiary/aromatic N) is 3. The summed E-state index contributed by atoms with van der Waals surface area (Å²) in [6, 6.07) is 1.29. The number of aromatic nitrogens is 2. The number of aryl methyl sites for hydroxylation is 1. The van der Waals surface area contributed by atoms with Crippen LogP contribution < -0.4 is 5.32 Å². The van der Waals surface area contributed by atoms with Crippen LogP contribution in [0.1, 0.15) is 5.69 Å². The highest BCUT2D eigenvalue weighted by Crippen LogP contribution is 2.12. The van der Waals surface area contributed by atoms with Crippen LogP contribution in [-0.2, 0) is 11.3 Å². The van der Waals surface area contributed by atoms with Crippen molar-refractivity contribution in [2.45, 2.75) is 13.5 Å². The minimum Gasteiger partial charge on any atom is -0.395 e. The summed E-state index contributed by atoms with van der Waals surface area (Å²) in [6.45, 7) is 1.32. The molecule has 0 spiro atoms. The fourth-order valence-electron chi connectivity index (χ4n) is 1.18. The van der Waals surface area contributed by atoms with Gasteiger partial charge in [0.2, 0.25) is 0 Å². The first-order chi connectivity index (χ1) is 7.54. The minimum absolute atomic E-state index is 0.118. The molecule has 16 heavy (non-hydrogen) atoms. The van der Waals surface area contributed by atoms with E-state index in [1.807, 2.05) is 0 Å². The molecule has 0 aliphatic carbocycles. The first-order valence-corrected chi connectivity index (χ1v) is 4.61. The maximum Gasteiger partial charge on any atom is 0.345 e. The van der Waals surface area contributed by atoms with Crippen molar-refractivity contribution in [1.29, 1.82) is 0 Å². The number of hydrogen-bond donors (Lipinski definition) is 2. The van der Waals surface area contributed by atoms with E-state index in [1.165, 1.54) is 6.07 Å². The Morgan fingerprint density at radius 2 is 2.44 bits per heavy atom. The van der Waals surface area contributed by atoms with Crippen molar-refractivity contribution < 1.29 is 14.8 Å². The number of carbonyl (C=O) groups is 1. The van der Waals surface area contributed by atoms with Crippen LogP contribution in [0.2, 0.25) is 0 Å². The molecule has 0 aliphatic rings. The quantitative estimate of drug-likeness (QED) is 0.506. The molecule has 0 bridgehead atoms. The average Bonchev–Trinajstić information content (AvgIpc) is 2.56. The zero-order chi connectivity index (χ0) is 12.1. The minimum atomic E-state index is -0.598. The first-order valence-electron chi connectivity index (χ1n) is 4.61. The molecule has 0 fully saturated rings. The Morgan fingerprint density at radius 1 is 1.75 bits per heavy atom. The fourth-order valence-corrected chi connectivity index (χ4v) is 1.18. The number of rotatable bonds is 5. The van der Waals surface area contributed by atoms with E-state index >= 15 is 0 Å². The summed E-state index contributed by atoms with van der Waals surface area (Å²) in [5, 5.41) is 25.3. The number of nitro groups is 1. The zero-order valence-corrected chi connectivity index (χ0v) is 8.71. The fraction of sp³-hybridized carbons (Fsp3) is 0.500. The van der Waals surface area contributed by atoms with Crippen molar-refractivity contribution in [2.24, 2.45) is 0 Å². The van der Waals surface area contributed by atoms with Gasteiger partial charge in [-0.2, -0.15) is 0 Å². The molecule has 1 aromatic heterocycles. The summed E-state index contributed by atoms with van der Waals surface area (Å²) in [5.41, 5.74) is 0.474. The number of carbonyl (C=O) groups excluding carboxylic acids is 1. The maximum absolute atomic E-state index is 11.2. The van der Waals surface area contributed by atoms with Crippen LogP contribution in [0.5, 0.6) is 0 Å². The highest BCUT2D eigenvalue weighted by molar-refractivity contribution is 5.75. The van der Waals surface area contributed by atoms with E-state index in [0.717, 1.165) is 4.68 Å². The van der Waals surface area contributed by atoms with Gasteiger partial charge in [0.15, 0.2) is 6.54 Å². The summed E-state index contributed by atoms with van der Waals surface area (Å²) in [6.07, 6.45) is 0. The zero-order valence-electron chi connectivity index (χ0n) is 8.71. The number of aliphatic hydroxyl groups is 1. The molecule has 0 saturated carbocycles. The van der Waals surface area contributed by atoms with E-state index in [9.17, 15) is 14.9 Å². The predicted octanol–water partition coefficient (Wildman–Crippen LogP) is -0.792. The maximum atomic E-state index is 11.2. The Balaban J connectivity index is 2.72. The topological polar surface area (TPSA) is 110 Å². The van der Waals surface area contributed by atoms with Gasteiger partial charge >= 0.3 is 5.82 Å². The van der Waals surface area contributed by atoms with Crippen LogP contribution in [0.4, 0.5) is 5.82 Å². The third kappa shape index (κ3) is 3.02. The van der Waals surface area contributed by atoms with Gasteiger partial charge in [0.1, 0.15) is 0 Å². The molecule has 0 radical (unpaired) electrons. The molecule has 8 nitrogen and oxygen atoms in total. The van der Waals surface area contributed by atoms with Crippen LogP contribution in [-0.4, -0.2) is 38.9 Å². The molecule has 0 saturated heterocycles. The highest BCUT2D eigenvalue weighted by atomic mass is 16.6. The third-order valence-electron chi connectivity index (χ3n) is 1.80. The lowest BCUT2D eigenvalue weighted by atomic mass is 10.5. The van der Waals surface area contributed by atoms with Gasteiger partial charge in [0, 0.05) is 6.54 Å². The predicted molar refractivity (Wildman–Crippen MR) is 53.7 cm³/mol.